The number of nitrogens with one attached hydrogen (secondary N) is 1. The quantitative estimate of drug-likeness (QED) is 0.909. The number of carbonyl (C=O) groups is 1. The third-order valence-electron chi connectivity index (χ3n) is 3.37. The molecule has 0 saturated carbocycles. The van der Waals surface area contributed by atoms with Crippen molar-refractivity contribution >= 4 is 17.5 Å². The van der Waals surface area contributed by atoms with Crippen LogP contribution in [0.25, 0.3) is 0 Å². The molecule has 1 atom stereocenters. The second kappa shape index (κ2) is 6.21. The highest BCUT2D eigenvalue weighted by atomic mass is 35.5. The van der Waals surface area contributed by atoms with E-state index in [0.29, 0.717) is 6.54 Å². The van der Waals surface area contributed by atoms with E-state index in [0.717, 1.165) is 36.5 Å². The molecule has 1 aliphatic heterocycles. The number of benzene rings is 1. The fourth-order valence-electron chi connectivity index (χ4n) is 2.21. The maximum Gasteiger partial charge on any atom is 0.236 e. The normalized spacial score (nSPS) is 16.9. The molecule has 1 saturated heterocycles. The van der Waals surface area contributed by atoms with E-state index in [2.05, 4.69) is 5.32 Å². The Hall–Kier alpha value is -1.06. The largest absolute Gasteiger partial charge is 0.342 e. The van der Waals surface area contributed by atoms with Gasteiger partial charge in [-0.1, -0.05) is 23.7 Å². The van der Waals surface area contributed by atoms with Gasteiger partial charge in [-0.05, 0) is 37.5 Å². The molecule has 1 heterocycles. The number of hydrogen-bond acceptors (Lipinski definition) is 2. The molecule has 1 N–H and O–H groups in total. The van der Waals surface area contributed by atoms with Gasteiger partial charge in [0, 0.05) is 24.2 Å². The fraction of sp³-hybridized carbons (Fsp3) is 0.500. The molecule has 98 valence electrons. The Morgan fingerprint density at radius 2 is 2.17 bits per heavy atom. The lowest BCUT2D eigenvalue weighted by Crippen LogP contribution is -2.37. The van der Waals surface area contributed by atoms with Gasteiger partial charge in [0.1, 0.15) is 0 Å². The molecule has 1 aromatic rings. The molecule has 3 nitrogen and oxygen atoms in total. The standard InChI is InChI=1S/C14H19ClN2O/c1-11(12-5-4-6-13(15)9-12)16-10-14(18)17-7-2-3-8-17/h4-6,9,11,16H,2-3,7-8,10H2,1H3/t11-/m0/s1. The summed E-state index contributed by atoms with van der Waals surface area (Å²) in [6.07, 6.45) is 2.27. The zero-order valence-corrected chi connectivity index (χ0v) is 11.4. The van der Waals surface area contributed by atoms with E-state index >= 15 is 0 Å². The second-order valence-corrected chi connectivity index (χ2v) is 5.18. The first-order valence-electron chi connectivity index (χ1n) is 6.43. The molecule has 1 amide bonds. The lowest BCUT2D eigenvalue weighted by Gasteiger charge is -2.18. The van der Waals surface area contributed by atoms with Crippen molar-refractivity contribution in [2.75, 3.05) is 19.6 Å². The maximum atomic E-state index is 11.9. The van der Waals surface area contributed by atoms with Crippen molar-refractivity contribution < 1.29 is 4.79 Å². The highest BCUT2D eigenvalue weighted by Gasteiger charge is 2.18. The molecule has 0 radical (unpaired) electrons. The molecule has 0 aliphatic carbocycles. The van der Waals surface area contributed by atoms with E-state index in [1.54, 1.807) is 0 Å². The van der Waals surface area contributed by atoms with Crippen molar-refractivity contribution in [2.24, 2.45) is 0 Å². The second-order valence-electron chi connectivity index (χ2n) is 4.75. The van der Waals surface area contributed by atoms with Crippen molar-refractivity contribution in [3.8, 4) is 0 Å². The summed E-state index contributed by atoms with van der Waals surface area (Å²) in [5, 5.41) is 3.98. The van der Waals surface area contributed by atoms with E-state index in [-0.39, 0.29) is 11.9 Å². The molecular formula is C14H19ClN2O. The minimum atomic E-state index is 0.134. The first kappa shape index (κ1) is 13.4. The summed E-state index contributed by atoms with van der Waals surface area (Å²) in [4.78, 5) is 13.8. The number of rotatable bonds is 4. The van der Waals surface area contributed by atoms with E-state index in [9.17, 15) is 4.79 Å². The molecule has 0 spiro atoms. The molecule has 2 rings (SSSR count). The van der Waals surface area contributed by atoms with Gasteiger partial charge in [0.05, 0.1) is 6.54 Å². The molecule has 4 heteroatoms. The van der Waals surface area contributed by atoms with Crippen LogP contribution in [0.5, 0.6) is 0 Å². The predicted molar refractivity (Wildman–Crippen MR) is 73.7 cm³/mol. The van der Waals surface area contributed by atoms with E-state index in [4.69, 9.17) is 11.6 Å². The van der Waals surface area contributed by atoms with Gasteiger partial charge >= 0.3 is 0 Å². The van der Waals surface area contributed by atoms with Gasteiger partial charge in [-0.25, -0.2) is 0 Å². The van der Waals surface area contributed by atoms with Crippen molar-refractivity contribution in [1.29, 1.82) is 0 Å². The van der Waals surface area contributed by atoms with Crippen LogP contribution >= 0.6 is 11.6 Å². The Balaban J connectivity index is 1.84. The summed E-state index contributed by atoms with van der Waals surface area (Å²) >= 11 is 5.95. The van der Waals surface area contributed by atoms with Crippen molar-refractivity contribution in [2.45, 2.75) is 25.8 Å². The topological polar surface area (TPSA) is 32.3 Å². The van der Waals surface area contributed by atoms with Crippen LogP contribution in [0, 0.1) is 0 Å². The molecule has 1 aromatic carbocycles. The number of halogens is 1. The summed E-state index contributed by atoms with van der Waals surface area (Å²) < 4.78 is 0. The highest BCUT2D eigenvalue weighted by molar-refractivity contribution is 6.30. The lowest BCUT2D eigenvalue weighted by atomic mass is 10.1. The number of nitrogens with zero attached hydrogens (tertiary/aromatic N) is 1. The average molecular weight is 267 g/mol. The van der Waals surface area contributed by atoms with Gasteiger partial charge in [0.25, 0.3) is 0 Å². The predicted octanol–water partition coefficient (Wildman–Crippen LogP) is 2.61. The van der Waals surface area contributed by atoms with E-state index in [1.807, 2.05) is 36.1 Å². The first-order valence-corrected chi connectivity index (χ1v) is 6.81. The molecular weight excluding hydrogens is 248 g/mol. The molecule has 1 aliphatic rings. The Bertz CT molecular complexity index is 416. The molecule has 0 bridgehead atoms. The van der Waals surface area contributed by atoms with Crippen LogP contribution in [0.2, 0.25) is 5.02 Å². The first-order chi connectivity index (χ1) is 8.66. The van der Waals surface area contributed by atoms with Gasteiger partial charge in [0.15, 0.2) is 0 Å². The van der Waals surface area contributed by atoms with Gasteiger partial charge in [0.2, 0.25) is 5.91 Å². The monoisotopic (exact) mass is 266 g/mol. The van der Waals surface area contributed by atoms with Crippen molar-refractivity contribution in [3.63, 3.8) is 0 Å². The zero-order valence-electron chi connectivity index (χ0n) is 10.7. The van der Waals surface area contributed by atoms with Crippen LogP contribution in [0.3, 0.4) is 0 Å². The molecule has 0 aromatic heterocycles. The van der Waals surface area contributed by atoms with Gasteiger partial charge in [-0.3, -0.25) is 4.79 Å². The number of carbonyl (C=O) groups excluding carboxylic acids is 1. The van der Waals surface area contributed by atoms with Gasteiger partial charge < -0.3 is 10.2 Å². The number of likely N-dealkylation sites (tertiary alicyclic amines) is 1. The Kier molecular flexibility index (Phi) is 4.61. The lowest BCUT2D eigenvalue weighted by molar-refractivity contribution is -0.129. The minimum Gasteiger partial charge on any atom is -0.342 e. The maximum absolute atomic E-state index is 11.9. The summed E-state index contributed by atoms with van der Waals surface area (Å²) in [5.41, 5.74) is 1.11. The third kappa shape index (κ3) is 3.47. The van der Waals surface area contributed by atoms with E-state index in [1.165, 1.54) is 0 Å². The van der Waals surface area contributed by atoms with Crippen molar-refractivity contribution in [1.82, 2.24) is 10.2 Å². The van der Waals surface area contributed by atoms with E-state index < -0.39 is 0 Å². The molecule has 0 unspecified atom stereocenters. The smallest absolute Gasteiger partial charge is 0.236 e. The van der Waals surface area contributed by atoms with Gasteiger partial charge in [-0.2, -0.15) is 0 Å². The SMILES string of the molecule is C[C@H](NCC(=O)N1CCCC1)c1cccc(Cl)c1. The Labute approximate surface area is 113 Å². The molecule has 18 heavy (non-hydrogen) atoms. The molecule has 1 fully saturated rings. The summed E-state index contributed by atoms with van der Waals surface area (Å²) in [5.74, 6) is 0.196. The third-order valence-corrected chi connectivity index (χ3v) is 3.60. The van der Waals surface area contributed by atoms with Crippen LogP contribution in [-0.4, -0.2) is 30.4 Å². The van der Waals surface area contributed by atoms with Crippen LogP contribution in [0.1, 0.15) is 31.4 Å². The Morgan fingerprint density at radius 1 is 1.44 bits per heavy atom. The summed E-state index contributed by atoms with van der Waals surface area (Å²) in [6.45, 7) is 4.26. The zero-order chi connectivity index (χ0) is 13.0. The van der Waals surface area contributed by atoms with Crippen molar-refractivity contribution in [3.05, 3.63) is 34.9 Å². The minimum absolute atomic E-state index is 0.134. The van der Waals surface area contributed by atoms with Crippen LogP contribution < -0.4 is 5.32 Å². The number of hydrogen-bond donors (Lipinski definition) is 1. The van der Waals surface area contributed by atoms with Gasteiger partial charge in [-0.15, -0.1) is 0 Å². The summed E-state index contributed by atoms with van der Waals surface area (Å²) in [7, 11) is 0. The fourth-order valence-corrected chi connectivity index (χ4v) is 2.41. The summed E-state index contributed by atoms with van der Waals surface area (Å²) in [6, 6.07) is 7.87. The van der Waals surface area contributed by atoms with Crippen LogP contribution in [0.15, 0.2) is 24.3 Å². The average Bonchev–Trinajstić information content (AvgIpc) is 2.89. The van der Waals surface area contributed by atoms with Crippen LogP contribution in [0.4, 0.5) is 0 Å². The number of amides is 1. The Morgan fingerprint density at radius 3 is 2.83 bits per heavy atom. The van der Waals surface area contributed by atoms with Crippen LogP contribution in [-0.2, 0) is 4.79 Å². The highest BCUT2D eigenvalue weighted by Crippen LogP contribution is 2.17.